The van der Waals surface area contributed by atoms with Crippen molar-refractivity contribution < 1.29 is 28.9 Å². The number of esters is 2. The van der Waals surface area contributed by atoms with Gasteiger partial charge in [-0.1, -0.05) is 0 Å². The number of thiocyanates is 1. The van der Waals surface area contributed by atoms with Crippen molar-refractivity contribution in [3.05, 3.63) is 23.3 Å². The van der Waals surface area contributed by atoms with Crippen LogP contribution in [0.25, 0.3) is 6.08 Å². The lowest BCUT2D eigenvalue weighted by atomic mass is 10.1. The minimum Gasteiger partial charge on any atom is -0.503 e. The molecule has 0 aliphatic carbocycles. The van der Waals surface area contributed by atoms with Gasteiger partial charge >= 0.3 is 11.9 Å². The van der Waals surface area contributed by atoms with E-state index in [1.54, 1.807) is 0 Å². The first-order valence-electron chi connectivity index (χ1n) is 5.83. The topological polar surface area (TPSA) is 106 Å². The highest BCUT2D eigenvalue weighted by molar-refractivity contribution is 8.03. The van der Waals surface area contributed by atoms with Gasteiger partial charge in [0.1, 0.15) is 11.0 Å². The molecule has 116 valence electrons. The summed E-state index contributed by atoms with van der Waals surface area (Å²) in [6.45, 7) is 0. The minimum absolute atomic E-state index is 0.0978. The normalized spacial score (nSPS) is 9.36. The summed E-state index contributed by atoms with van der Waals surface area (Å²) in [5.74, 6) is -1.84. The Hall–Kier alpha value is -2.66. The van der Waals surface area contributed by atoms with E-state index in [2.05, 4.69) is 9.47 Å². The Labute approximate surface area is 131 Å². The quantitative estimate of drug-likeness (QED) is 0.218. The van der Waals surface area contributed by atoms with Gasteiger partial charge in [0.15, 0.2) is 11.5 Å². The number of thioether (sulfide) groups is 1. The lowest BCUT2D eigenvalue weighted by Gasteiger charge is -2.09. The maximum absolute atomic E-state index is 11.6. The van der Waals surface area contributed by atoms with Crippen LogP contribution in [0.1, 0.15) is 5.56 Å². The molecule has 0 aromatic heterocycles. The smallest absolute Gasteiger partial charge is 0.345 e. The zero-order valence-corrected chi connectivity index (χ0v) is 12.9. The second-order valence-electron chi connectivity index (χ2n) is 3.80. The van der Waals surface area contributed by atoms with Gasteiger partial charge in [0, 0.05) is 0 Å². The molecule has 0 unspecified atom stereocenters. The molecule has 0 amide bonds. The monoisotopic (exact) mass is 323 g/mol. The highest BCUT2D eigenvalue weighted by Gasteiger charge is 2.20. The molecule has 0 aliphatic heterocycles. The third-order valence-electron chi connectivity index (χ3n) is 2.56. The molecule has 1 N–H and O–H groups in total. The average Bonchev–Trinajstić information content (AvgIpc) is 2.53. The molecule has 0 atom stereocenters. The zero-order chi connectivity index (χ0) is 16.7. The van der Waals surface area contributed by atoms with Gasteiger partial charge in [0.25, 0.3) is 0 Å². The SMILES string of the molecule is COC(=O)C(=Cc1cc(OC)c(O)c(SC#N)c1)C(=O)OC. The van der Waals surface area contributed by atoms with Gasteiger partial charge in [-0.15, -0.1) is 0 Å². The number of phenols is 1. The van der Waals surface area contributed by atoms with Crippen LogP contribution >= 0.6 is 11.8 Å². The van der Waals surface area contributed by atoms with E-state index in [-0.39, 0.29) is 22.0 Å². The number of nitriles is 1. The standard InChI is InChI=1S/C14H13NO6S/c1-19-10-5-8(6-11(12(10)16)22-7-15)4-9(13(17)20-2)14(18)21-3/h4-6,16H,1-3H3. The molecule has 22 heavy (non-hydrogen) atoms. The number of hydrogen-bond donors (Lipinski definition) is 1. The molecule has 0 bridgehead atoms. The summed E-state index contributed by atoms with van der Waals surface area (Å²) in [4.78, 5) is 23.5. The Bertz CT molecular complexity index is 644. The Morgan fingerprint density at radius 1 is 1.23 bits per heavy atom. The van der Waals surface area contributed by atoms with Crippen molar-refractivity contribution in [3.63, 3.8) is 0 Å². The van der Waals surface area contributed by atoms with Crippen molar-refractivity contribution in [1.82, 2.24) is 0 Å². The van der Waals surface area contributed by atoms with E-state index in [1.807, 2.05) is 5.40 Å². The number of rotatable bonds is 5. The van der Waals surface area contributed by atoms with E-state index in [0.717, 1.165) is 14.2 Å². The van der Waals surface area contributed by atoms with E-state index in [4.69, 9.17) is 10.00 Å². The highest BCUT2D eigenvalue weighted by Crippen LogP contribution is 2.38. The second kappa shape index (κ2) is 7.95. The van der Waals surface area contributed by atoms with E-state index in [1.165, 1.54) is 25.3 Å². The maximum Gasteiger partial charge on any atom is 0.345 e. The van der Waals surface area contributed by atoms with Gasteiger partial charge < -0.3 is 19.3 Å². The molecule has 0 aliphatic rings. The van der Waals surface area contributed by atoms with Crippen LogP contribution in [-0.2, 0) is 19.1 Å². The van der Waals surface area contributed by atoms with Crippen LogP contribution in [0.3, 0.4) is 0 Å². The summed E-state index contributed by atoms with van der Waals surface area (Å²) in [6.07, 6.45) is 1.22. The first kappa shape index (κ1) is 17.4. The number of aromatic hydroxyl groups is 1. The van der Waals surface area contributed by atoms with Crippen LogP contribution in [0.4, 0.5) is 0 Å². The van der Waals surface area contributed by atoms with Crippen LogP contribution in [0.5, 0.6) is 11.5 Å². The van der Waals surface area contributed by atoms with E-state index in [9.17, 15) is 14.7 Å². The fraction of sp³-hybridized carbons (Fsp3) is 0.214. The summed E-state index contributed by atoms with van der Waals surface area (Å²) in [5.41, 5.74) is 0.0313. The molecule has 1 aromatic carbocycles. The van der Waals surface area contributed by atoms with Crippen LogP contribution in [-0.4, -0.2) is 38.4 Å². The Kier molecular flexibility index (Phi) is 6.28. The fourth-order valence-electron chi connectivity index (χ4n) is 1.56. The fourth-order valence-corrected chi connectivity index (χ4v) is 2.05. The molecular formula is C14H13NO6S. The number of phenolic OH excluding ortho intramolecular Hbond substituents is 1. The average molecular weight is 323 g/mol. The molecule has 0 spiro atoms. The van der Waals surface area contributed by atoms with Crippen molar-refractivity contribution in [2.45, 2.75) is 4.90 Å². The minimum atomic E-state index is -0.867. The van der Waals surface area contributed by atoms with Crippen molar-refractivity contribution in [1.29, 1.82) is 5.26 Å². The summed E-state index contributed by atoms with van der Waals surface area (Å²) in [7, 11) is 3.60. The molecule has 0 saturated carbocycles. The Morgan fingerprint density at radius 2 is 1.82 bits per heavy atom. The van der Waals surface area contributed by atoms with E-state index >= 15 is 0 Å². The summed E-state index contributed by atoms with van der Waals surface area (Å²) < 4.78 is 14.0. The van der Waals surface area contributed by atoms with Crippen molar-refractivity contribution in [3.8, 4) is 16.9 Å². The van der Waals surface area contributed by atoms with Gasteiger partial charge in [-0.2, -0.15) is 5.26 Å². The van der Waals surface area contributed by atoms with Gasteiger partial charge in [-0.05, 0) is 35.5 Å². The number of hydrogen-bond acceptors (Lipinski definition) is 8. The van der Waals surface area contributed by atoms with Crippen molar-refractivity contribution in [2.75, 3.05) is 21.3 Å². The molecular weight excluding hydrogens is 310 g/mol. The van der Waals surface area contributed by atoms with Crippen LogP contribution in [0, 0.1) is 10.7 Å². The summed E-state index contributed by atoms with van der Waals surface area (Å²) in [6, 6.07) is 2.83. The number of benzene rings is 1. The predicted octanol–water partition coefficient (Wildman–Crippen LogP) is 1.70. The molecule has 8 heteroatoms. The van der Waals surface area contributed by atoms with Gasteiger partial charge in [0.2, 0.25) is 0 Å². The summed E-state index contributed by atoms with van der Waals surface area (Å²) in [5, 5.41) is 20.4. The maximum atomic E-state index is 11.6. The van der Waals surface area contributed by atoms with Crippen LogP contribution < -0.4 is 4.74 Å². The number of carbonyl (C=O) groups excluding carboxylic acids is 2. The lowest BCUT2D eigenvalue weighted by Crippen LogP contribution is -2.15. The lowest BCUT2D eigenvalue weighted by molar-refractivity contribution is -0.143. The first-order chi connectivity index (χ1) is 10.5. The van der Waals surface area contributed by atoms with E-state index < -0.39 is 11.9 Å². The van der Waals surface area contributed by atoms with Crippen molar-refractivity contribution in [2.24, 2.45) is 0 Å². The molecule has 0 heterocycles. The van der Waals surface area contributed by atoms with Gasteiger partial charge in [0.05, 0.1) is 26.2 Å². The van der Waals surface area contributed by atoms with Gasteiger partial charge in [-0.3, -0.25) is 0 Å². The largest absolute Gasteiger partial charge is 0.503 e. The van der Waals surface area contributed by atoms with Crippen molar-refractivity contribution >= 4 is 29.8 Å². The molecule has 0 saturated heterocycles. The van der Waals surface area contributed by atoms with Crippen LogP contribution in [0.15, 0.2) is 22.6 Å². The number of nitrogens with zero attached hydrogens (tertiary/aromatic N) is 1. The Balaban J connectivity index is 3.43. The molecule has 7 nitrogen and oxygen atoms in total. The third-order valence-corrected chi connectivity index (χ3v) is 3.18. The molecule has 1 aromatic rings. The predicted molar refractivity (Wildman–Crippen MR) is 78.1 cm³/mol. The van der Waals surface area contributed by atoms with Crippen LogP contribution in [0.2, 0.25) is 0 Å². The third kappa shape index (κ3) is 3.93. The number of ether oxygens (including phenoxy) is 3. The number of methoxy groups -OCH3 is 3. The number of carbonyl (C=O) groups is 2. The first-order valence-corrected chi connectivity index (χ1v) is 6.65. The molecule has 0 radical (unpaired) electrons. The second-order valence-corrected chi connectivity index (χ2v) is 4.63. The summed E-state index contributed by atoms with van der Waals surface area (Å²) >= 11 is 0.715. The van der Waals surface area contributed by atoms with Gasteiger partial charge in [-0.25, -0.2) is 9.59 Å². The Morgan fingerprint density at radius 3 is 2.27 bits per heavy atom. The molecule has 1 rings (SSSR count). The zero-order valence-electron chi connectivity index (χ0n) is 12.1. The highest BCUT2D eigenvalue weighted by atomic mass is 32.2. The van der Waals surface area contributed by atoms with E-state index in [0.29, 0.717) is 17.3 Å². The molecule has 0 fully saturated rings.